The van der Waals surface area contributed by atoms with E-state index in [1.54, 1.807) is 6.07 Å². The van der Waals surface area contributed by atoms with Crippen molar-refractivity contribution in [3.05, 3.63) is 29.6 Å². The summed E-state index contributed by atoms with van der Waals surface area (Å²) >= 11 is 0. The molecular formula is C16H23FN2O3S. The van der Waals surface area contributed by atoms with Gasteiger partial charge in [-0.05, 0) is 43.5 Å². The van der Waals surface area contributed by atoms with Gasteiger partial charge >= 0.3 is 0 Å². The van der Waals surface area contributed by atoms with Crippen molar-refractivity contribution in [1.29, 1.82) is 0 Å². The van der Waals surface area contributed by atoms with Crippen LogP contribution in [0.15, 0.2) is 18.2 Å². The highest BCUT2D eigenvalue weighted by atomic mass is 32.2. The first-order chi connectivity index (χ1) is 10.8. The maximum Gasteiger partial charge on any atom is 0.235 e. The molecule has 1 atom stereocenters. The number of carbonyl (C=O) groups excluding carboxylic acids is 1. The second-order valence-corrected chi connectivity index (χ2v) is 8.31. The number of rotatable bonds is 5. The Morgan fingerprint density at radius 2 is 2.17 bits per heavy atom. The quantitative estimate of drug-likeness (QED) is 0.884. The molecule has 1 aromatic carbocycles. The molecule has 1 unspecified atom stereocenters. The molecule has 1 saturated heterocycles. The topological polar surface area (TPSA) is 66.5 Å². The molecule has 0 aromatic heterocycles. The zero-order valence-electron chi connectivity index (χ0n) is 13.5. The first-order valence-corrected chi connectivity index (χ1v) is 9.64. The van der Waals surface area contributed by atoms with Crippen LogP contribution in [0.3, 0.4) is 0 Å². The molecule has 0 aliphatic carbocycles. The van der Waals surface area contributed by atoms with Crippen molar-refractivity contribution < 1.29 is 17.6 Å². The van der Waals surface area contributed by atoms with E-state index in [0.717, 1.165) is 30.6 Å². The summed E-state index contributed by atoms with van der Waals surface area (Å²) in [5.74, 6) is -1.21. The molecule has 2 rings (SSSR count). The third kappa shape index (κ3) is 4.92. The summed E-state index contributed by atoms with van der Waals surface area (Å²) in [6.45, 7) is 4.83. The summed E-state index contributed by atoms with van der Waals surface area (Å²) in [6, 6.07) is 4.58. The molecule has 1 N–H and O–H groups in total. The number of piperidine rings is 1. The fourth-order valence-corrected chi connectivity index (χ4v) is 3.55. The number of nitrogens with one attached hydrogen (secondary N) is 1. The van der Waals surface area contributed by atoms with Gasteiger partial charge in [0, 0.05) is 30.6 Å². The average molecular weight is 342 g/mol. The third-order valence-corrected chi connectivity index (χ3v) is 5.66. The van der Waals surface area contributed by atoms with Crippen LogP contribution >= 0.6 is 0 Å². The van der Waals surface area contributed by atoms with Gasteiger partial charge in [-0.1, -0.05) is 6.92 Å². The van der Waals surface area contributed by atoms with Crippen molar-refractivity contribution in [2.75, 3.05) is 29.5 Å². The molecule has 1 amide bonds. The Balaban J connectivity index is 1.99. The predicted octanol–water partition coefficient (Wildman–Crippen LogP) is 1.65. The van der Waals surface area contributed by atoms with E-state index in [9.17, 15) is 17.6 Å². The monoisotopic (exact) mass is 342 g/mol. The number of benzene rings is 1. The van der Waals surface area contributed by atoms with E-state index >= 15 is 0 Å². The largest absolute Gasteiger partial charge is 0.369 e. The van der Waals surface area contributed by atoms with Crippen LogP contribution < -0.4 is 10.2 Å². The Labute approximate surface area is 136 Å². The van der Waals surface area contributed by atoms with Gasteiger partial charge in [-0.2, -0.15) is 0 Å². The summed E-state index contributed by atoms with van der Waals surface area (Å²) in [4.78, 5) is 14.0. The van der Waals surface area contributed by atoms with Crippen LogP contribution in [-0.4, -0.2) is 45.0 Å². The van der Waals surface area contributed by atoms with Gasteiger partial charge in [0.25, 0.3) is 0 Å². The Kier molecular flexibility index (Phi) is 5.62. The Morgan fingerprint density at radius 1 is 1.43 bits per heavy atom. The van der Waals surface area contributed by atoms with E-state index in [4.69, 9.17) is 0 Å². The number of hydrogen-bond donors (Lipinski definition) is 1. The van der Waals surface area contributed by atoms with E-state index in [2.05, 4.69) is 10.2 Å². The lowest BCUT2D eigenvalue weighted by atomic mass is 10.0. The SMILES string of the molecule is CCS(=O)(=O)CC(=O)NC1CCCN(c2ccc(F)cc2C)C1. The van der Waals surface area contributed by atoms with Crippen LogP contribution in [0, 0.1) is 12.7 Å². The molecule has 7 heteroatoms. The molecule has 0 spiro atoms. The molecule has 0 radical (unpaired) electrons. The minimum absolute atomic E-state index is 0.0357. The molecule has 1 heterocycles. The second kappa shape index (κ2) is 7.29. The molecule has 1 fully saturated rings. The van der Waals surface area contributed by atoms with E-state index in [1.165, 1.54) is 19.1 Å². The van der Waals surface area contributed by atoms with Gasteiger partial charge in [0.2, 0.25) is 5.91 Å². The standard InChI is InChI=1S/C16H23FN2O3S/c1-3-23(21,22)11-16(20)18-14-5-4-8-19(10-14)15-7-6-13(17)9-12(15)2/h6-7,9,14H,3-5,8,10-11H2,1-2H3,(H,18,20). The zero-order chi connectivity index (χ0) is 17.0. The maximum absolute atomic E-state index is 13.2. The zero-order valence-corrected chi connectivity index (χ0v) is 14.3. The van der Waals surface area contributed by atoms with Gasteiger partial charge in [0.1, 0.15) is 11.6 Å². The number of aryl methyl sites for hydroxylation is 1. The molecule has 5 nitrogen and oxygen atoms in total. The molecule has 0 saturated carbocycles. The van der Waals surface area contributed by atoms with Crippen molar-refractivity contribution >= 4 is 21.4 Å². The summed E-state index contributed by atoms with van der Waals surface area (Å²) in [7, 11) is -3.31. The number of hydrogen-bond acceptors (Lipinski definition) is 4. The molecule has 128 valence electrons. The highest BCUT2D eigenvalue weighted by molar-refractivity contribution is 7.92. The fraction of sp³-hybridized carbons (Fsp3) is 0.562. The van der Waals surface area contributed by atoms with Crippen molar-refractivity contribution in [1.82, 2.24) is 5.32 Å². The number of nitrogens with zero attached hydrogens (tertiary/aromatic N) is 1. The summed E-state index contributed by atoms with van der Waals surface area (Å²) < 4.78 is 36.2. The summed E-state index contributed by atoms with van der Waals surface area (Å²) in [6.07, 6.45) is 1.71. The molecule has 1 aromatic rings. The Morgan fingerprint density at radius 3 is 2.83 bits per heavy atom. The highest BCUT2D eigenvalue weighted by Gasteiger charge is 2.24. The molecule has 1 aliphatic rings. The van der Waals surface area contributed by atoms with Crippen molar-refractivity contribution in [2.24, 2.45) is 0 Å². The lowest BCUT2D eigenvalue weighted by Gasteiger charge is -2.35. The van der Waals surface area contributed by atoms with Crippen LogP contribution in [-0.2, 0) is 14.6 Å². The number of sulfone groups is 1. The van der Waals surface area contributed by atoms with Crippen LogP contribution in [0.5, 0.6) is 0 Å². The molecule has 1 aliphatic heterocycles. The van der Waals surface area contributed by atoms with E-state index in [0.29, 0.717) is 6.54 Å². The van der Waals surface area contributed by atoms with Crippen LogP contribution in [0.25, 0.3) is 0 Å². The minimum atomic E-state index is -3.31. The van der Waals surface area contributed by atoms with Crippen LogP contribution in [0.2, 0.25) is 0 Å². The van der Waals surface area contributed by atoms with Crippen LogP contribution in [0.4, 0.5) is 10.1 Å². The van der Waals surface area contributed by atoms with E-state index in [1.807, 2.05) is 6.92 Å². The predicted molar refractivity (Wildman–Crippen MR) is 88.8 cm³/mol. The third-order valence-electron chi connectivity index (χ3n) is 4.08. The van der Waals surface area contributed by atoms with Gasteiger partial charge in [0.15, 0.2) is 9.84 Å². The van der Waals surface area contributed by atoms with Gasteiger partial charge in [-0.25, -0.2) is 12.8 Å². The highest BCUT2D eigenvalue weighted by Crippen LogP contribution is 2.24. The molecular weight excluding hydrogens is 319 g/mol. The van der Waals surface area contributed by atoms with E-state index in [-0.39, 0.29) is 17.6 Å². The van der Waals surface area contributed by atoms with Gasteiger partial charge in [-0.3, -0.25) is 4.79 Å². The number of amides is 1. The normalized spacial score (nSPS) is 18.7. The van der Waals surface area contributed by atoms with Crippen molar-refractivity contribution in [3.8, 4) is 0 Å². The van der Waals surface area contributed by atoms with Gasteiger partial charge in [0.05, 0.1) is 0 Å². The van der Waals surface area contributed by atoms with Crippen LogP contribution in [0.1, 0.15) is 25.3 Å². The lowest BCUT2D eigenvalue weighted by molar-refractivity contribution is -0.119. The number of carbonyl (C=O) groups is 1. The Hall–Kier alpha value is -1.63. The van der Waals surface area contributed by atoms with E-state index < -0.39 is 21.5 Å². The first kappa shape index (κ1) is 17.7. The van der Waals surface area contributed by atoms with Gasteiger partial charge in [-0.15, -0.1) is 0 Å². The molecule has 23 heavy (non-hydrogen) atoms. The number of halogens is 1. The number of anilines is 1. The average Bonchev–Trinajstić information content (AvgIpc) is 2.46. The first-order valence-electron chi connectivity index (χ1n) is 7.81. The van der Waals surface area contributed by atoms with Crippen molar-refractivity contribution in [2.45, 2.75) is 32.7 Å². The fourth-order valence-electron chi connectivity index (χ4n) is 2.86. The minimum Gasteiger partial charge on any atom is -0.369 e. The van der Waals surface area contributed by atoms with Crippen molar-refractivity contribution in [3.63, 3.8) is 0 Å². The summed E-state index contributed by atoms with van der Waals surface area (Å²) in [5, 5.41) is 2.81. The summed E-state index contributed by atoms with van der Waals surface area (Å²) in [5.41, 5.74) is 1.80. The van der Waals surface area contributed by atoms with Gasteiger partial charge < -0.3 is 10.2 Å². The second-order valence-electron chi connectivity index (χ2n) is 5.96. The Bertz CT molecular complexity index is 676. The lowest BCUT2D eigenvalue weighted by Crippen LogP contribution is -2.49. The molecule has 0 bridgehead atoms. The maximum atomic E-state index is 13.2. The smallest absolute Gasteiger partial charge is 0.235 e.